The lowest BCUT2D eigenvalue weighted by Gasteiger charge is -1.88. The Morgan fingerprint density at radius 1 is 0.474 bits per heavy atom. The van der Waals surface area contributed by atoms with Gasteiger partial charge in [0.15, 0.2) is 0 Å². The summed E-state index contributed by atoms with van der Waals surface area (Å²) in [6.07, 6.45) is 0. The van der Waals surface area contributed by atoms with Crippen LogP contribution >= 0.6 is 0 Å². The van der Waals surface area contributed by atoms with E-state index in [4.69, 9.17) is 0 Å². The second-order valence-electron chi connectivity index (χ2n) is 2.98. The summed E-state index contributed by atoms with van der Waals surface area (Å²) in [5.74, 6) is 6.22. The summed E-state index contributed by atoms with van der Waals surface area (Å²) >= 11 is 0. The second-order valence-corrected chi connectivity index (χ2v) is 2.98. The van der Waals surface area contributed by atoms with E-state index in [0.717, 1.165) is 11.1 Å². The molecule has 19 heavy (non-hydrogen) atoms. The van der Waals surface area contributed by atoms with Crippen LogP contribution in [0.5, 0.6) is 0 Å². The molecule has 2 aromatic carbocycles. The van der Waals surface area contributed by atoms with Crippen LogP contribution in [-0.2, 0) is 0 Å². The molecular formula is C14H18F4Si. The summed E-state index contributed by atoms with van der Waals surface area (Å²) in [5, 5.41) is 0. The predicted octanol–water partition coefficient (Wildman–Crippen LogP) is 2.24. The molecule has 106 valence electrons. The molecule has 2 rings (SSSR count). The van der Waals surface area contributed by atoms with E-state index < -0.39 is 0 Å². The molecule has 0 N–H and O–H groups in total. The molecule has 0 bridgehead atoms. The molecule has 0 spiro atoms. The zero-order valence-corrected chi connectivity index (χ0v) is 9.41. The van der Waals surface area contributed by atoms with Crippen molar-refractivity contribution in [1.82, 2.24) is 0 Å². The van der Waals surface area contributed by atoms with E-state index in [1.807, 2.05) is 60.7 Å². The van der Waals surface area contributed by atoms with Gasteiger partial charge in [0.2, 0.25) is 0 Å². The summed E-state index contributed by atoms with van der Waals surface area (Å²) in [4.78, 5) is 0. The van der Waals surface area contributed by atoms with Crippen LogP contribution < -0.4 is 0 Å². The Balaban J connectivity index is -0.000000225. The molecule has 0 aliphatic heterocycles. The number of benzene rings is 2. The first-order chi connectivity index (χ1) is 6.95. The summed E-state index contributed by atoms with van der Waals surface area (Å²) < 4.78 is 0. The zero-order chi connectivity index (χ0) is 9.64. The maximum Gasteiger partial charge on any atom is 0.0249 e. The first-order valence-electron chi connectivity index (χ1n) is 4.57. The summed E-state index contributed by atoms with van der Waals surface area (Å²) in [6, 6.07) is 20.0. The largest absolute Gasteiger partial charge is 0.269 e. The van der Waals surface area contributed by atoms with Gasteiger partial charge in [0, 0.05) is 11.1 Å². The second kappa shape index (κ2) is 14.0. The fourth-order valence-corrected chi connectivity index (χ4v) is 1.19. The van der Waals surface area contributed by atoms with Crippen molar-refractivity contribution in [3.05, 3.63) is 71.8 Å². The Morgan fingerprint density at radius 3 is 1.00 bits per heavy atom. The Hall–Kier alpha value is -2.06. The van der Waals surface area contributed by atoms with E-state index in [1.54, 1.807) is 0 Å². The van der Waals surface area contributed by atoms with E-state index in [-0.39, 0.29) is 29.8 Å². The van der Waals surface area contributed by atoms with Crippen LogP contribution in [0.25, 0.3) is 0 Å². The van der Waals surface area contributed by atoms with Crippen molar-refractivity contribution in [3.63, 3.8) is 0 Å². The van der Waals surface area contributed by atoms with Gasteiger partial charge in [-0.15, -0.1) is 0 Å². The van der Waals surface area contributed by atoms with E-state index in [1.165, 1.54) is 0 Å². The van der Waals surface area contributed by atoms with Crippen LogP contribution in [0.2, 0.25) is 0 Å². The standard InChI is InChI=1S/C14H10.4FH.H4Si/c1-3-7-13(8-4-1)11-12-14-9-5-2-6-10-14;;;;;/h1-10H;4*1H;1H4. The fourth-order valence-electron chi connectivity index (χ4n) is 1.19. The molecule has 0 radical (unpaired) electrons. The topological polar surface area (TPSA) is 0 Å². The Labute approximate surface area is 114 Å². The average molecular weight is 290 g/mol. The van der Waals surface area contributed by atoms with Gasteiger partial charge >= 0.3 is 0 Å². The number of hydrogen-bond acceptors (Lipinski definition) is 0. The molecule has 2 aromatic rings. The molecule has 0 aliphatic rings. The first-order valence-corrected chi connectivity index (χ1v) is 4.57. The summed E-state index contributed by atoms with van der Waals surface area (Å²) in [6.45, 7) is 0. The Kier molecular flexibility index (Phi) is 18.9. The van der Waals surface area contributed by atoms with Crippen LogP contribution in [0.3, 0.4) is 0 Å². The molecule has 0 saturated carbocycles. The van der Waals surface area contributed by atoms with Crippen molar-refractivity contribution in [2.45, 2.75) is 0 Å². The fraction of sp³-hybridized carbons (Fsp3) is 0. The number of hydrogen-bond donors (Lipinski definition) is 0. The van der Waals surface area contributed by atoms with Crippen LogP contribution in [0.15, 0.2) is 60.7 Å². The first kappa shape index (κ1) is 25.7. The Morgan fingerprint density at radius 2 is 0.737 bits per heavy atom. The minimum atomic E-state index is 0. The van der Waals surface area contributed by atoms with Gasteiger partial charge in [-0.1, -0.05) is 48.2 Å². The highest BCUT2D eigenvalue weighted by Crippen LogP contribution is 1.98. The molecule has 0 aliphatic carbocycles. The Bertz CT molecular complexity index is 420. The van der Waals surface area contributed by atoms with Gasteiger partial charge in [0.05, 0.1) is 0 Å². The van der Waals surface area contributed by atoms with E-state index in [9.17, 15) is 0 Å². The average Bonchev–Trinajstić information content (AvgIpc) is 2.29. The van der Waals surface area contributed by atoms with Crippen LogP contribution in [0, 0.1) is 11.8 Å². The maximum absolute atomic E-state index is 3.11. The van der Waals surface area contributed by atoms with Crippen LogP contribution in [-0.4, -0.2) is 11.0 Å². The van der Waals surface area contributed by atoms with Gasteiger partial charge in [-0.25, -0.2) is 0 Å². The molecule has 0 amide bonds. The normalized spacial score (nSPS) is 6.53. The third kappa shape index (κ3) is 8.63. The van der Waals surface area contributed by atoms with Gasteiger partial charge in [0.1, 0.15) is 0 Å². The SMILES string of the molecule is C(#Cc1ccccc1)c1ccccc1.F.F.F.F.[SiH4]. The molecule has 0 saturated heterocycles. The van der Waals surface area contributed by atoms with Gasteiger partial charge in [0.25, 0.3) is 0 Å². The molecule has 0 unspecified atom stereocenters. The number of halogens is 4. The lowest BCUT2D eigenvalue weighted by atomic mass is 10.2. The van der Waals surface area contributed by atoms with Crippen LogP contribution in [0.4, 0.5) is 18.8 Å². The highest BCUT2D eigenvalue weighted by atomic mass is 28.1. The van der Waals surface area contributed by atoms with Gasteiger partial charge in [-0.05, 0) is 35.2 Å². The molecule has 0 nitrogen and oxygen atoms in total. The molecule has 0 heterocycles. The highest BCUT2D eigenvalue weighted by Gasteiger charge is 1.83. The monoisotopic (exact) mass is 290 g/mol. The van der Waals surface area contributed by atoms with E-state index >= 15 is 0 Å². The summed E-state index contributed by atoms with van der Waals surface area (Å²) in [5.41, 5.74) is 2.10. The minimum Gasteiger partial charge on any atom is -0.269 e. The van der Waals surface area contributed by atoms with Gasteiger partial charge in [-0.2, -0.15) is 0 Å². The van der Waals surface area contributed by atoms with Gasteiger partial charge < -0.3 is 0 Å². The zero-order valence-electron chi connectivity index (χ0n) is 9.41. The highest BCUT2D eigenvalue weighted by molar-refractivity contribution is 5.75. The van der Waals surface area contributed by atoms with Crippen molar-refractivity contribution in [3.8, 4) is 11.8 Å². The lowest BCUT2D eigenvalue weighted by molar-refractivity contribution is 1.11. The smallest absolute Gasteiger partial charge is 0.0249 e. The molecule has 0 atom stereocenters. The summed E-state index contributed by atoms with van der Waals surface area (Å²) in [7, 11) is 0. The third-order valence-electron chi connectivity index (χ3n) is 1.90. The van der Waals surface area contributed by atoms with Crippen molar-refractivity contribution >= 4 is 11.0 Å². The quantitative estimate of drug-likeness (QED) is 0.396. The predicted molar refractivity (Wildman–Crippen MR) is 80.2 cm³/mol. The van der Waals surface area contributed by atoms with Crippen LogP contribution in [0.1, 0.15) is 11.1 Å². The van der Waals surface area contributed by atoms with Gasteiger partial charge in [-0.3, -0.25) is 18.8 Å². The molecule has 0 fully saturated rings. The minimum absolute atomic E-state index is 0. The molecule has 0 aromatic heterocycles. The molecule has 5 heteroatoms. The van der Waals surface area contributed by atoms with Crippen molar-refractivity contribution in [1.29, 1.82) is 0 Å². The van der Waals surface area contributed by atoms with Crippen molar-refractivity contribution in [2.75, 3.05) is 0 Å². The number of rotatable bonds is 0. The van der Waals surface area contributed by atoms with E-state index in [0.29, 0.717) is 0 Å². The molecular weight excluding hydrogens is 272 g/mol. The van der Waals surface area contributed by atoms with E-state index in [2.05, 4.69) is 11.8 Å². The maximum atomic E-state index is 3.11. The third-order valence-corrected chi connectivity index (χ3v) is 1.90. The van der Waals surface area contributed by atoms with Crippen molar-refractivity contribution < 1.29 is 18.8 Å². The van der Waals surface area contributed by atoms with Crippen molar-refractivity contribution in [2.24, 2.45) is 0 Å². The lowest BCUT2D eigenvalue weighted by Crippen LogP contribution is -1.73.